The fourth-order valence-corrected chi connectivity index (χ4v) is 1.02. The van der Waals surface area contributed by atoms with Crippen LogP contribution in [0.1, 0.15) is 6.92 Å². The van der Waals surface area contributed by atoms with Gasteiger partial charge in [-0.3, -0.25) is 4.18 Å². The van der Waals surface area contributed by atoms with Crippen LogP contribution in [0.2, 0.25) is 0 Å². The second-order valence-electron chi connectivity index (χ2n) is 3.68. The number of nitrogens with zero attached hydrogens (tertiary/aromatic N) is 1. The smallest absolute Gasteiger partial charge is 0.267 e. The molecule has 2 N–H and O–H groups in total. The molecular weight excluding hydrogens is 194 g/mol. The van der Waals surface area contributed by atoms with E-state index >= 15 is 0 Å². The highest BCUT2D eigenvalue weighted by Gasteiger charge is 2.11. The normalized spacial score (nSPS) is 12.3. The van der Waals surface area contributed by atoms with Crippen LogP contribution in [-0.2, 0) is 14.3 Å². The average Bonchev–Trinajstić information content (AvgIpc) is 1.84. The van der Waals surface area contributed by atoms with Crippen molar-refractivity contribution in [3.63, 3.8) is 0 Å². The van der Waals surface area contributed by atoms with Gasteiger partial charge in [-0.2, -0.15) is 8.42 Å². The van der Waals surface area contributed by atoms with E-state index in [1.165, 1.54) is 0 Å². The Bertz CT molecular complexity index is 217. The molecule has 0 fully saturated rings. The summed E-state index contributed by atoms with van der Waals surface area (Å²) >= 11 is 0. The highest BCUT2D eigenvalue weighted by molar-refractivity contribution is 7.86. The first-order valence-corrected chi connectivity index (χ1v) is 5.52. The van der Waals surface area contributed by atoms with Gasteiger partial charge >= 0.3 is 0 Å². The van der Waals surface area contributed by atoms with Gasteiger partial charge in [-0.25, -0.2) is 0 Å². The summed E-state index contributed by atoms with van der Waals surface area (Å²) in [6.07, 6.45) is 0. The summed E-state index contributed by atoms with van der Waals surface area (Å²) in [5, 5.41) is 0. The van der Waals surface area contributed by atoms with Gasteiger partial charge in [-0.15, -0.1) is 0 Å². The number of rotatable bonds is 5. The summed E-state index contributed by atoms with van der Waals surface area (Å²) in [4.78, 5) is 0. The fourth-order valence-electron chi connectivity index (χ4n) is 0.521. The minimum atomic E-state index is -3.25. The van der Waals surface area contributed by atoms with E-state index in [0.29, 0.717) is 11.0 Å². The third kappa shape index (κ3) is 9.75. The molecule has 5 nitrogen and oxygen atoms in total. The van der Waals surface area contributed by atoms with Gasteiger partial charge < -0.3 is 9.96 Å². The molecule has 0 rings (SSSR count). The van der Waals surface area contributed by atoms with E-state index in [0.717, 1.165) is 0 Å². The Morgan fingerprint density at radius 2 is 1.69 bits per heavy atom. The van der Waals surface area contributed by atoms with Crippen LogP contribution >= 0.6 is 0 Å². The van der Waals surface area contributed by atoms with Crippen molar-refractivity contribution in [3.8, 4) is 0 Å². The Balaban J connectivity index is 0. The molecule has 0 aromatic heterocycles. The molecule has 0 aromatic rings. The molecule has 0 unspecified atom stereocenters. The van der Waals surface area contributed by atoms with Gasteiger partial charge in [0.05, 0.1) is 26.9 Å². The topological polar surface area (TPSA) is 74.9 Å². The van der Waals surface area contributed by atoms with Crippen molar-refractivity contribution in [1.82, 2.24) is 0 Å². The Morgan fingerprint density at radius 1 is 1.23 bits per heavy atom. The lowest BCUT2D eigenvalue weighted by Gasteiger charge is -2.23. The van der Waals surface area contributed by atoms with E-state index in [4.69, 9.17) is 4.18 Å². The maximum atomic E-state index is 10.9. The molecule has 0 aliphatic rings. The van der Waals surface area contributed by atoms with Gasteiger partial charge in [0.2, 0.25) is 0 Å². The molecule has 0 saturated heterocycles. The van der Waals surface area contributed by atoms with Crippen molar-refractivity contribution in [3.05, 3.63) is 0 Å². The van der Waals surface area contributed by atoms with Crippen LogP contribution in [0, 0.1) is 0 Å². The molecule has 0 aliphatic heterocycles. The number of hydrogen-bond donors (Lipinski definition) is 0. The van der Waals surface area contributed by atoms with Gasteiger partial charge in [-0.05, 0) is 6.92 Å². The highest BCUT2D eigenvalue weighted by Crippen LogP contribution is 1.95. The van der Waals surface area contributed by atoms with Crippen molar-refractivity contribution in [2.75, 3.05) is 40.0 Å². The van der Waals surface area contributed by atoms with E-state index in [-0.39, 0.29) is 17.8 Å². The molecule has 0 atom stereocenters. The number of hydrogen-bond acceptors (Lipinski definition) is 3. The van der Waals surface area contributed by atoms with Crippen molar-refractivity contribution in [2.45, 2.75) is 6.92 Å². The van der Waals surface area contributed by atoms with Gasteiger partial charge in [0.1, 0.15) is 13.2 Å². The lowest BCUT2D eigenvalue weighted by molar-refractivity contribution is -0.870. The molecule has 0 spiro atoms. The minimum absolute atomic E-state index is 0. The molecule has 0 aliphatic carbocycles. The van der Waals surface area contributed by atoms with E-state index < -0.39 is 10.1 Å². The van der Waals surface area contributed by atoms with Gasteiger partial charge in [0.15, 0.2) is 0 Å². The lowest BCUT2D eigenvalue weighted by Crippen LogP contribution is -2.38. The SMILES string of the molecule is CCS(=O)(=O)OCC[N+](C)(C)C.O. The molecule has 0 aromatic carbocycles. The first-order valence-electron chi connectivity index (χ1n) is 3.94. The quantitative estimate of drug-likeness (QED) is 0.445. The van der Waals surface area contributed by atoms with Crippen LogP contribution in [0.25, 0.3) is 0 Å². The molecule has 82 valence electrons. The zero-order valence-electron chi connectivity index (χ0n) is 8.70. The second kappa shape index (κ2) is 5.54. The standard InChI is InChI=1S/C7H18NO3S.H2O/c1-5-12(9,10)11-7-6-8(2,3)4;/h5-7H2,1-4H3;1H2/q+1;. The first kappa shape index (κ1) is 15.3. The van der Waals surface area contributed by atoms with Crippen LogP contribution in [0.15, 0.2) is 0 Å². The van der Waals surface area contributed by atoms with Gasteiger partial charge in [0.25, 0.3) is 10.1 Å². The number of likely N-dealkylation sites (N-methyl/N-ethyl adjacent to an activating group) is 1. The van der Waals surface area contributed by atoms with Crippen LogP contribution in [0.4, 0.5) is 0 Å². The van der Waals surface area contributed by atoms with Gasteiger partial charge in [0, 0.05) is 0 Å². The summed E-state index contributed by atoms with van der Waals surface area (Å²) in [5.74, 6) is 0.0458. The maximum absolute atomic E-state index is 10.9. The van der Waals surface area contributed by atoms with E-state index in [9.17, 15) is 8.42 Å². The lowest BCUT2D eigenvalue weighted by atomic mass is 10.5. The van der Waals surface area contributed by atoms with Gasteiger partial charge in [-0.1, -0.05) is 0 Å². The zero-order chi connectivity index (χ0) is 9.83. The largest absolute Gasteiger partial charge is 0.412 e. The van der Waals surface area contributed by atoms with Crippen molar-refractivity contribution in [2.24, 2.45) is 0 Å². The van der Waals surface area contributed by atoms with Crippen LogP contribution in [-0.4, -0.2) is 58.4 Å². The Labute approximate surface area is 80.3 Å². The summed E-state index contributed by atoms with van der Waals surface area (Å²) in [6.45, 7) is 2.53. The molecule has 0 heterocycles. The van der Waals surface area contributed by atoms with Crippen LogP contribution in [0.5, 0.6) is 0 Å². The second-order valence-corrected chi connectivity index (χ2v) is 5.61. The predicted molar refractivity (Wildman–Crippen MR) is 51.9 cm³/mol. The van der Waals surface area contributed by atoms with Crippen LogP contribution < -0.4 is 0 Å². The third-order valence-electron chi connectivity index (χ3n) is 1.38. The summed E-state index contributed by atoms with van der Waals surface area (Å²) in [5.41, 5.74) is 0. The molecule has 13 heavy (non-hydrogen) atoms. The minimum Gasteiger partial charge on any atom is -0.412 e. The highest BCUT2D eigenvalue weighted by atomic mass is 32.2. The Hall–Kier alpha value is -0.170. The van der Waals surface area contributed by atoms with E-state index in [1.54, 1.807) is 6.92 Å². The zero-order valence-corrected chi connectivity index (χ0v) is 9.52. The summed E-state index contributed by atoms with van der Waals surface area (Å²) in [6, 6.07) is 0. The predicted octanol–water partition coefficient (Wildman–Crippen LogP) is -0.766. The fraction of sp³-hybridized carbons (Fsp3) is 1.00. The molecule has 6 heteroatoms. The number of quaternary nitrogens is 1. The monoisotopic (exact) mass is 214 g/mol. The van der Waals surface area contributed by atoms with Crippen molar-refractivity contribution in [1.29, 1.82) is 0 Å². The third-order valence-corrected chi connectivity index (χ3v) is 2.61. The summed E-state index contributed by atoms with van der Waals surface area (Å²) in [7, 11) is 2.71. The maximum Gasteiger partial charge on any atom is 0.267 e. The molecule has 0 amide bonds. The Kier molecular flexibility index (Phi) is 6.52. The molecular formula is C7H20NO4S+. The molecule has 0 radical (unpaired) electrons. The van der Waals surface area contributed by atoms with E-state index in [2.05, 4.69) is 0 Å². The molecule has 0 bridgehead atoms. The Morgan fingerprint density at radius 3 is 2.00 bits per heavy atom. The van der Waals surface area contributed by atoms with Crippen molar-refractivity contribution >= 4 is 10.1 Å². The molecule has 0 saturated carbocycles. The summed E-state index contributed by atoms with van der Waals surface area (Å²) < 4.78 is 27.1. The average molecular weight is 214 g/mol. The van der Waals surface area contributed by atoms with Crippen molar-refractivity contribution < 1.29 is 22.6 Å². The van der Waals surface area contributed by atoms with E-state index in [1.807, 2.05) is 21.1 Å². The first-order chi connectivity index (χ1) is 5.27. The van der Waals surface area contributed by atoms with Crippen LogP contribution in [0.3, 0.4) is 0 Å².